The first kappa shape index (κ1) is 16.2. The summed E-state index contributed by atoms with van der Waals surface area (Å²) in [4.78, 5) is 28.3. The van der Waals surface area contributed by atoms with Crippen LogP contribution in [0.2, 0.25) is 0 Å². The Kier molecular flexibility index (Phi) is 3.96. The first-order chi connectivity index (χ1) is 13.3. The smallest absolute Gasteiger partial charge is 0.255 e. The molecule has 2 aliphatic rings. The van der Waals surface area contributed by atoms with Crippen molar-refractivity contribution >= 4 is 22.6 Å². The van der Waals surface area contributed by atoms with Crippen LogP contribution in [0.15, 0.2) is 42.9 Å². The molecule has 6 heteroatoms. The normalized spacial score (nSPS) is 16.7. The molecule has 0 radical (unpaired) electrons. The molecular weight excluding hydrogens is 338 g/mol. The number of benzene rings is 1. The number of para-hydroxylation sites is 1. The van der Waals surface area contributed by atoms with Crippen molar-refractivity contribution in [3.8, 4) is 0 Å². The molecule has 1 saturated carbocycles. The molecule has 1 aromatic carbocycles. The highest BCUT2D eigenvalue weighted by molar-refractivity contribution is 5.97. The Hall–Kier alpha value is -3.02. The monoisotopic (exact) mass is 359 g/mol. The molecule has 3 heterocycles. The third-order valence-corrected chi connectivity index (χ3v) is 5.33. The van der Waals surface area contributed by atoms with Gasteiger partial charge in [0, 0.05) is 42.7 Å². The second kappa shape index (κ2) is 6.61. The maximum absolute atomic E-state index is 13.1. The molecule has 0 unspecified atom stereocenters. The SMILES string of the molecule is O=C(c1cnc2ccccc2c1)N1CCc2ncnc(NC3CC3)c2CC1. The van der Waals surface area contributed by atoms with Crippen molar-refractivity contribution in [3.63, 3.8) is 0 Å². The molecule has 0 bridgehead atoms. The van der Waals surface area contributed by atoms with Crippen LogP contribution in [0.25, 0.3) is 10.9 Å². The van der Waals surface area contributed by atoms with E-state index in [0.29, 0.717) is 24.7 Å². The molecule has 1 aliphatic heterocycles. The van der Waals surface area contributed by atoms with E-state index in [-0.39, 0.29) is 5.91 Å². The topological polar surface area (TPSA) is 71.0 Å². The maximum atomic E-state index is 13.1. The van der Waals surface area contributed by atoms with Crippen LogP contribution in [0.3, 0.4) is 0 Å². The minimum absolute atomic E-state index is 0.0331. The average Bonchev–Trinajstić information content (AvgIpc) is 3.54. The number of carbonyl (C=O) groups is 1. The number of anilines is 1. The lowest BCUT2D eigenvalue weighted by Crippen LogP contribution is -2.33. The van der Waals surface area contributed by atoms with E-state index < -0.39 is 0 Å². The standard InChI is InChI=1S/C21H21N5O/c27-21(15-11-14-3-1-2-4-18(14)22-12-15)26-9-7-17-19(8-10-26)23-13-24-20(17)25-16-5-6-16/h1-4,11-13,16H,5-10H2,(H,23,24,25). The van der Waals surface area contributed by atoms with Crippen molar-refractivity contribution in [2.24, 2.45) is 0 Å². The fraction of sp³-hybridized carbons (Fsp3) is 0.333. The van der Waals surface area contributed by atoms with Crippen molar-refractivity contribution in [1.29, 1.82) is 0 Å². The highest BCUT2D eigenvalue weighted by Gasteiger charge is 2.26. The summed E-state index contributed by atoms with van der Waals surface area (Å²) in [5, 5.41) is 4.49. The second-order valence-corrected chi connectivity index (χ2v) is 7.28. The highest BCUT2D eigenvalue weighted by atomic mass is 16.2. The zero-order valence-corrected chi connectivity index (χ0v) is 15.1. The summed E-state index contributed by atoms with van der Waals surface area (Å²) in [6.07, 6.45) is 7.26. The lowest BCUT2D eigenvalue weighted by Gasteiger charge is -2.20. The van der Waals surface area contributed by atoms with Crippen LogP contribution in [0.5, 0.6) is 0 Å². The van der Waals surface area contributed by atoms with E-state index in [9.17, 15) is 4.79 Å². The van der Waals surface area contributed by atoms with Gasteiger partial charge in [-0.15, -0.1) is 0 Å². The molecular formula is C21H21N5O. The van der Waals surface area contributed by atoms with Crippen LogP contribution < -0.4 is 5.32 Å². The van der Waals surface area contributed by atoms with Gasteiger partial charge in [0.2, 0.25) is 0 Å². The number of hydrogen-bond donors (Lipinski definition) is 1. The van der Waals surface area contributed by atoms with Crippen LogP contribution in [0.4, 0.5) is 5.82 Å². The third kappa shape index (κ3) is 3.23. The van der Waals surface area contributed by atoms with Crippen LogP contribution in [-0.4, -0.2) is 44.9 Å². The summed E-state index contributed by atoms with van der Waals surface area (Å²) in [7, 11) is 0. The highest BCUT2D eigenvalue weighted by Crippen LogP contribution is 2.28. The quantitative estimate of drug-likeness (QED) is 0.779. The summed E-state index contributed by atoms with van der Waals surface area (Å²) >= 11 is 0. The molecule has 136 valence electrons. The van der Waals surface area contributed by atoms with Crippen LogP contribution in [0.1, 0.15) is 34.5 Å². The summed E-state index contributed by atoms with van der Waals surface area (Å²) in [6.45, 7) is 1.34. The van der Waals surface area contributed by atoms with Gasteiger partial charge in [0.25, 0.3) is 5.91 Å². The number of pyridine rings is 1. The molecule has 0 spiro atoms. The molecule has 5 rings (SSSR count). The van der Waals surface area contributed by atoms with Crippen LogP contribution >= 0.6 is 0 Å². The Bertz CT molecular complexity index is 1010. The van der Waals surface area contributed by atoms with Crippen molar-refractivity contribution in [3.05, 3.63) is 59.7 Å². The molecule has 0 atom stereocenters. The van der Waals surface area contributed by atoms with Gasteiger partial charge < -0.3 is 10.2 Å². The predicted octanol–water partition coefficient (Wildman–Crippen LogP) is 2.84. The van der Waals surface area contributed by atoms with Gasteiger partial charge in [0.1, 0.15) is 12.1 Å². The first-order valence-corrected chi connectivity index (χ1v) is 9.51. The van der Waals surface area contributed by atoms with E-state index >= 15 is 0 Å². The van der Waals surface area contributed by atoms with E-state index in [1.807, 2.05) is 35.2 Å². The molecule has 3 aromatic rings. The predicted molar refractivity (Wildman–Crippen MR) is 104 cm³/mol. The van der Waals surface area contributed by atoms with E-state index in [4.69, 9.17) is 0 Å². The molecule has 27 heavy (non-hydrogen) atoms. The number of nitrogens with one attached hydrogen (secondary N) is 1. The Morgan fingerprint density at radius 2 is 1.93 bits per heavy atom. The number of fused-ring (bicyclic) bond motifs is 2. The van der Waals surface area contributed by atoms with Gasteiger partial charge in [-0.25, -0.2) is 9.97 Å². The molecule has 6 nitrogen and oxygen atoms in total. The largest absolute Gasteiger partial charge is 0.367 e. The zero-order valence-electron chi connectivity index (χ0n) is 15.1. The molecule has 2 aromatic heterocycles. The van der Waals surface area contributed by atoms with Gasteiger partial charge in [0.05, 0.1) is 16.8 Å². The number of rotatable bonds is 3. The Labute approximate surface area is 157 Å². The number of carbonyl (C=O) groups excluding carboxylic acids is 1. The van der Waals surface area contributed by atoms with E-state index in [1.54, 1.807) is 12.5 Å². The lowest BCUT2D eigenvalue weighted by molar-refractivity contribution is 0.0762. The maximum Gasteiger partial charge on any atom is 0.255 e. The van der Waals surface area contributed by atoms with Crippen LogP contribution in [-0.2, 0) is 12.8 Å². The summed E-state index contributed by atoms with van der Waals surface area (Å²) in [5.74, 6) is 0.981. The molecule has 0 saturated heterocycles. The van der Waals surface area contributed by atoms with E-state index in [1.165, 1.54) is 12.8 Å². The Morgan fingerprint density at radius 1 is 1.07 bits per heavy atom. The van der Waals surface area contributed by atoms with Gasteiger partial charge in [-0.3, -0.25) is 9.78 Å². The first-order valence-electron chi connectivity index (χ1n) is 9.51. The van der Waals surface area contributed by atoms with Crippen molar-refractivity contribution in [2.45, 2.75) is 31.7 Å². The van der Waals surface area contributed by atoms with Gasteiger partial charge in [-0.2, -0.15) is 0 Å². The number of amides is 1. The lowest BCUT2D eigenvalue weighted by atomic mass is 10.1. The van der Waals surface area contributed by atoms with Gasteiger partial charge in [0.15, 0.2) is 0 Å². The Morgan fingerprint density at radius 3 is 2.81 bits per heavy atom. The molecule has 1 N–H and O–H groups in total. The third-order valence-electron chi connectivity index (χ3n) is 5.33. The second-order valence-electron chi connectivity index (χ2n) is 7.28. The summed E-state index contributed by atoms with van der Waals surface area (Å²) in [6, 6.07) is 10.4. The van der Waals surface area contributed by atoms with Gasteiger partial charge in [-0.1, -0.05) is 18.2 Å². The zero-order chi connectivity index (χ0) is 18.2. The minimum Gasteiger partial charge on any atom is -0.367 e. The van der Waals surface area contributed by atoms with Gasteiger partial charge >= 0.3 is 0 Å². The summed E-state index contributed by atoms with van der Waals surface area (Å²) in [5.41, 5.74) is 3.77. The molecule has 1 fully saturated rings. The van der Waals surface area contributed by atoms with E-state index in [0.717, 1.165) is 40.8 Å². The summed E-state index contributed by atoms with van der Waals surface area (Å²) < 4.78 is 0. The minimum atomic E-state index is 0.0331. The van der Waals surface area contributed by atoms with Crippen molar-refractivity contribution in [1.82, 2.24) is 19.9 Å². The number of aromatic nitrogens is 3. The van der Waals surface area contributed by atoms with Crippen molar-refractivity contribution in [2.75, 3.05) is 18.4 Å². The van der Waals surface area contributed by atoms with Crippen molar-refractivity contribution < 1.29 is 4.79 Å². The Balaban J connectivity index is 1.37. The molecule has 1 amide bonds. The molecule has 1 aliphatic carbocycles. The van der Waals surface area contributed by atoms with Gasteiger partial charge in [-0.05, 0) is 31.4 Å². The van der Waals surface area contributed by atoms with E-state index in [2.05, 4.69) is 20.3 Å². The number of hydrogen-bond acceptors (Lipinski definition) is 5. The fourth-order valence-corrected chi connectivity index (χ4v) is 3.65. The number of nitrogens with zero attached hydrogens (tertiary/aromatic N) is 4. The van der Waals surface area contributed by atoms with Crippen LogP contribution in [0, 0.1) is 0 Å². The fourth-order valence-electron chi connectivity index (χ4n) is 3.65. The average molecular weight is 359 g/mol.